The molecule has 5 amide bonds. The second-order valence-corrected chi connectivity index (χ2v) is 11.8. The summed E-state index contributed by atoms with van der Waals surface area (Å²) < 4.78 is 4.59. The number of hydrogen-bond acceptors (Lipinski definition) is 8. The molecular formula is C29H47N5O8. The number of esters is 1. The summed E-state index contributed by atoms with van der Waals surface area (Å²) in [6, 6.07) is -3.73. The molecule has 0 radical (unpaired) electrons. The Morgan fingerprint density at radius 3 is 2.00 bits per heavy atom. The topological polar surface area (TPSA) is 180 Å². The maximum atomic E-state index is 13.6. The molecule has 1 saturated carbocycles. The minimum atomic E-state index is -1.05. The van der Waals surface area contributed by atoms with Crippen molar-refractivity contribution in [2.45, 2.75) is 116 Å². The van der Waals surface area contributed by atoms with Crippen molar-refractivity contribution in [1.29, 1.82) is 0 Å². The van der Waals surface area contributed by atoms with Crippen LogP contribution in [0.3, 0.4) is 0 Å². The van der Waals surface area contributed by atoms with Crippen molar-refractivity contribution in [3.05, 3.63) is 0 Å². The monoisotopic (exact) mass is 593 g/mol. The van der Waals surface area contributed by atoms with Crippen LogP contribution in [0.25, 0.3) is 0 Å². The van der Waals surface area contributed by atoms with Crippen LogP contribution in [0.1, 0.15) is 86.0 Å². The number of likely N-dealkylation sites (tertiary alicyclic amines) is 1. The Labute approximate surface area is 247 Å². The molecule has 1 heterocycles. The van der Waals surface area contributed by atoms with Gasteiger partial charge in [0.15, 0.2) is 0 Å². The van der Waals surface area contributed by atoms with Gasteiger partial charge in [0.25, 0.3) is 5.91 Å². The second kappa shape index (κ2) is 16.2. The van der Waals surface area contributed by atoms with E-state index in [-0.39, 0.29) is 42.6 Å². The molecule has 1 saturated heterocycles. The van der Waals surface area contributed by atoms with Crippen molar-refractivity contribution >= 4 is 41.3 Å². The summed E-state index contributed by atoms with van der Waals surface area (Å²) in [6.45, 7) is 8.85. The molecule has 4 N–H and O–H groups in total. The lowest BCUT2D eigenvalue weighted by Crippen LogP contribution is -2.59. The number of amides is 5. The van der Waals surface area contributed by atoms with Gasteiger partial charge in [-0.3, -0.25) is 33.6 Å². The molecule has 42 heavy (non-hydrogen) atoms. The zero-order valence-corrected chi connectivity index (χ0v) is 25.6. The van der Waals surface area contributed by atoms with Crippen LogP contribution in [0.4, 0.5) is 0 Å². The zero-order valence-electron chi connectivity index (χ0n) is 25.6. The Morgan fingerprint density at radius 1 is 0.810 bits per heavy atom. The van der Waals surface area contributed by atoms with Gasteiger partial charge >= 0.3 is 5.97 Å². The number of unbranched alkanes of at least 4 members (excludes halogenated alkanes) is 1. The zero-order chi connectivity index (χ0) is 31.6. The van der Waals surface area contributed by atoms with Crippen LogP contribution in [0.15, 0.2) is 0 Å². The maximum Gasteiger partial charge on any atom is 0.305 e. The fourth-order valence-electron chi connectivity index (χ4n) is 4.73. The van der Waals surface area contributed by atoms with Crippen LogP contribution in [0, 0.1) is 11.8 Å². The third kappa shape index (κ3) is 10.4. The summed E-state index contributed by atoms with van der Waals surface area (Å²) in [6.07, 6.45) is 3.87. The summed E-state index contributed by atoms with van der Waals surface area (Å²) in [7, 11) is 1.30. The van der Waals surface area contributed by atoms with Gasteiger partial charge in [0.05, 0.1) is 13.2 Å². The van der Waals surface area contributed by atoms with Gasteiger partial charge in [-0.1, -0.05) is 27.7 Å². The summed E-state index contributed by atoms with van der Waals surface area (Å²) in [5.74, 6) is -4.24. The van der Waals surface area contributed by atoms with E-state index in [9.17, 15) is 33.6 Å². The summed E-state index contributed by atoms with van der Waals surface area (Å²) in [5, 5.41) is 10.7. The summed E-state index contributed by atoms with van der Waals surface area (Å²) in [5.41, 5.74) is 0. The van der Waals surface area contributed by atoms with E-state index in [1.807, 2.05) is 0 Å². The molecule has 2 aliphatic rings. The summed E-state index contributed by atoms with van der Waals surface area (Å²) in [4.78, 5) is 89.7. The fourth-order valence-corrected chi connectivity index (χ4v) is 4.73. The number of rotatable bonds is 16. The van der Waals surface area contributed by atoms with Crippen molar-refractivity contribution in [2.24, 2.45) is 11.8 Å². The Morgan fingerprint density at radius 2 is 1.43 bits per heavy atom. The highest BCUT2D eigenvalue weighted by atomic mass is 16.5. The standard InChI is InChI=1S/C29H47N5O8/c1-16(2)23(32-21(35)11-7-8-12-22(36)42-6)27(39)33-24(17(3)4)29(41)34-15-9-10-20(34)26(38)30-18(5)25(37)28(40)31-19-13-14-19/h16-20,23-24H,7-15H2,1-6H3,(H,30,38)(H,31,40)(H,32,35)(H,33,39)/t18?,20?,23-,24?/m0/s1. The minimum Gasteiger partial charge on any atom is -0.469 e. The van der Waals surface area contributed by atoms with Gasteiger partial charge in [0, 0.05) is 25.4 Å². The molecule has 13 heteroatoms. The number of methoxy groups -OCH3 is 1. The van der Waals surface area contributed by atoms with Gasteiger partial charge in [0.2, 0.25) is 29.4 Å². The number of ether oxygens (including phenoxy) is 1. The lowest BCUT2D eigenvalue weighted by atomic mass is 9.98. The average Bonchev–Trinajstić information content (AvgIpc) is 3.61. The SMILES string of the molecule is COC(=O)CCCCC(=O)N[C@H](C(=O)NC(C(=O)N1CCCC1C(=O)NC(C)C(=O)C(=O)NC1CC1)C(C)C)C(C)C. The maximum absolute atomic E-state index is 13.6. The molecule has 0 aromatic rings. The van der Waals surface area contributed by atoms with Crippen molar-refractivity contribution in [3.63, 3.8) is 0 Å². The minimum absolute atomic E-state index is 0.0112. The normalized spacial score (nSPS) is 18.6. The van der Waals surface area contributed by atoms with Crippen LogP contribution in [0.2, 0.25) is 0 Å². The van der Waals surface area contributed by atoms with Gasteiger partial charge in [0.1, 0.15) is 18.1 Å². The molecule has 2 fully saturated rings. The van der Waals surface area contributed by atoms with Gasteiger partial charge in [-0.05, 0) is 57.3 Å². The van der Waals surface area contributed by atoms with E-state index in [1.165, 1.54) is 18.9 Å². The van der Waals surface area contributed by atoms with Crippen LogP contribution in [-0.2, 0) is 38.3 Å². The van der Waals surface area contributed by atoms with E-state index in [1.54, 1.807) is 27.7 Å². The van der Waals surface area contributed by atoms with E-state index in [4.69, 9.17) is 0 Å². The molecule has 3 unspecified atom stereocenters. The molecule has 0 bridgehead atoms. The molecule has 0 aromatic carbocycles. The number of carbonyl (C=O) groups excluding carboxylic acids is 7. The van der Waals surface area contributed by atoms with Crippen molar-refractivity contribution < 1.29 is 38.3 Å². The van der Waals surface area contributed by atoms with Gasteiger partial charge in [-0.25, -0.2) is 0 Å². The largest absolute Gasteiger partial charge is 0.469 e. The Kier molecular flexibility index (Phi) is 13.4. The first-order valence-electron chi connectivity index (χ1n) is 14.9. The molecule has 13 nitrogen and oxygen atoms in total. The van der Waals surface area contributed by atoms with E-state index >= 15 is 0 Å². The van der Waals surface area contributed by atoms with E-state index in [2.05, 4.69) is 26.0 Å². The Hall–Kier alpha value is -3.51. The van der Waals surface area contributed by atoms with Crippen molar-refractivity contribution in [2.75, 3.05) is 13.7 Å². The Bertz CT molecular complexity index is 1030. The quantitative estimate of drug-likeness (QED) is 0.112. The van der Waals surface area contributed by atoms with Crippen molar-refractivity contribution in [3.8, 4) is 0 Å². The van der Waals surface area contributed by atoms with Gasteiger partial charge in [-0.15, -0.1) is 0 Å². The third-order valence-corrected chi connectivity index (χ3v) is 7.49. The van der Waals surface area contributed by atoms with E-state index in [0.717, 1.165) is 12.8 Å². The highest BCUT2D eigenvalue weighted by Crippen LogP contribution is 2.21. The predicted molar refractivity (Wildman–Crippen MR) is 153 cm³/mol. The molecule has 1 aliphatic heterocycles. The number of nitrogens with zero attached hydrogens (tertiary/aromatic N) is 1. The number of nitrogens with one attached hydrogen (secondary N) is 4. The fraction of sp³-hybridized carbons (Fsp3) is 0.759. The number of carbonyl (C=O) groups is 7. The number of Topliss-reactive ketones (excluding diaryl/α,β-unsaturated/α-hetero) is 1. The first kappa shape index (κ1) is 34.7. The lowest BCUT2D eigenvalue weighted by molar-refractivity contribution is -0.144. The van der Waals surface area contributed by atoms with Crippen LogP contribution >= 0.6 is 0 Å². The molecule has 0 spiro atoms. The number of ketones is 1. The second-order valence-electron chi connectivity index (χ2n) is 11.8. The lowest BCUT2D eigenvalue weighted by Gasteiger charge is -2.32. The predicted octanol–water partition coefficient (Wildman–Crippen LogP) is 0.345. The highest BCUT2D eigenvalue weighted by Gasteiger charge is 2.40. The molecule has 1 aliphatic carbocycles. The molecule has 236 valence electrons. The number of hydrogen-bond donors (Lipinski definition) is 4. The highest BCUT2D eigenvalue weighted by molar-refractivity contribution is 6.38. The van der Waals surface area contributed by atoms with Gasteiger partial charge in [-0.2, -0.15) is 0 Å². The van der Waals surface area contributed by atoms with Crippen molar-refractivity contribution in [1.82, 2.24) is 26.2 Å². The Balaban J connectivity index is 1.99. The van der Waals surface area contributed by atoms with Crippen LogP contribution in [-0.4, -0.2) is 90.1 Å². The van der Waals surface area contributed by atoms with Gasteiger partial charge < -0.3 is 30.9 Å². The molecule has 2 rings (SSSR count). The smallest absolute Gasteiger partial charge is 0.305 e. The van der Waals surface area contributed by atoms with E-state index < -0.39 is 53.6 Å². The average molecular weight is 594 g/mol. The van der Waals surface area contributed by atoms with E-state index in [0.29, 0.717) is 32.2 Å². The molecule has 0 aromatic heterocycles. The molecule has 4 atom stereocenters. The third-order valence-electron chi connectivity index (χ3n) is 7.49. The first-order valence-corrected chi connectivity index (χ1v) is 14.9. The summed E-state index contributed by atoms with van der Waals surface area (Å²) >= 11 is 0. The van der Waals surface area contributed by atoms with Crippen LogP contribution in [0.5, 0.6) is 0 Å². The first-order chi connectivity index (χ1) is 19.8. The van der Waals surface area contributed by atoms with Crippen LogP contribution < -0.4 is 21.3 Å². The molecular weight excluding hydrogens is 546 g/mol.